The van der Waals surface area contributed by atoms with Crippen LogP contribution in [0, 0.1) is 6.92 Å². The van der Waals surface area contributed by atoms with E-state index in [9.17, 15) is 9.59 Å². The Balaban J connectivity index is 2.29. The smallest absolute Gasteiger partial charge is 0.338 e. The van der Waals surface area contributed by atoms with E-state index in [1.165, 1.54) is 13.4 Å². The standard InChI is InChI=1S/C14H12BrNO4/c1-8-9(14(18)19-2)4-3-5-11(8)16-13(17)10-6-7-20-12(10)15/h3-7H,1-2H3,(H,16,17). The molecule has 6 heteroatoms. The number of rotatable bonds is 3. The number of methoxy groups -OCH3 is 1. The number of carbonyl (C=O) groups is 2. The van der Waals surface area contributed by atoms with E-state index in [1.54, 1.807) is 31.2 Å². The van der Waals surface area contributed by atoms with Crippen LogP contribution in [0.25, 0.3) is 0 Å². The van der Waals surface area contributed by atoms with E-state index in [0.29, 0.717) is 27.0 Å². The van der Waals surface area contributed by atoms with Crippen molar-refractivity contribution < 1.29 is 18.7 Å². The van der Waals surface area contributed by atoms with Crippen LogP contribution in [0.15, 0.2) is 39.6 Å². The van der Waals surface area contributed by atoms with E-state index in [4.69, 9.17) is 9.15 Å². The van der Waals surface area contributed by atoms with Crippen LogP contribution in [0.3, 0.4) is 0 Å². The van der Waals surface area contributed by atoms with Crippen molar-refractivity contribution in [3.63, 3.8) is 0 Å². The van der Waals surface area contributed by atoms with Crippen molar-refractivity contribution in [2.24, 2.45) is 0 Å². The highest BCUT2D eigenvalue weighted by molar-refractivity contribution is 9.10. The van der Waals surface area contributed by atoms with Crippen LogP contribution >= 0.6 is 15.9 Å². The summed E-state index contributed by atoms with van der Waals surface area (Å²) in [6.45, 7) is 1.74. The Morgan fingerprint density at radius 1 is 1.25 bits per heavy atom. The Morgan fingerprint density at radius 3 is 2.60 bits per heavy atom. The normalized spacial score (nSPS) is 10.2. The molecule has 0 radical (unpaired) electrons. The van der Waals surface area contributed by atoms with Crippen LogP contribution in [0.5, 0.6) is 0 Å². The third-order valence-corrected chi connectivity index (χ3v) is 3.46. The average Bonchev–Trinajstić information content (AvgIpc) is 2.86. The zero-order chi connectivity index (χ0) is 14.7. The third-order valence-electron chi connectivity index (χ3n) is 2.85. The van der Waals surface area contributed by atoms with Gasteiger partial charge < -0.3 is 14.5 Å². The minimum atomic E-state index is -0.442. The topological polar surface area (TPSA) is 68.5 Å². The van der Waals surface area contributed by atoms with Gasteiger partial charge in [0.2, 0.25) is 0 Å². The van der Waals surface area contributed by atoms with E-state index in [2.05, 4.69) is 21.2 Å². The lowest BCUT2D eigenvalue weighted by Gasteiger charge is -2.10. The number of nitrogens with one attached hydrogen (secondary N) is 1. The fourth-order valence-electron chi connectivity index (χ4n) is 1.75. The molecule has 104 valence electrons. The zero-order valence-electron chi connectivity index (χ0n) is 10.9. The first kappa shape index (κ1) is 14.3. The number of furan rings is 1. The molecule has 0 atom stereocenters. The molecule has 1 N–H and O–H groups in total. The molecular formula is C14H12BrNO4. The molecule has 0 aliphatic heterocycles. The summed E-state index contributed by atoms with van der Waals surface area (Å²) in [7, 11) is 1.32. The van der Waals surface area contributed by atoms with E-state index in [1.807, 2.05) is 0 Å². The Labute approximate surface area is 124 Å². The van der Waals surface area contributed by atoms with E-state index >= 15 is 0 Å². The van der Waals surface area contributed by atoms with Gasteiger partial charge in [0.05, 0.1) is 24.5 Å². The van der Waals surface area contributed by atoms with E-state index in [-0.39, 0.29) is 5.91 Å². The molecule has 0 unspecified atom stereocenters. The molecule has 0 aliphatic carbocycles. The van der Waals surface area contributed by atoms with Crippen molar-refractivity contribution in [2.45, 2.75) is 6.92 Å². The molecule has 0 fully saturated rings. The Kier molecular flexibility index (Phi) is 4.24. The minimum Gasteiger partial charge on any atom is -0.465 e. The lowest BCUT2D eigenvalue weighted by Crippen LogP contribution is -2.14. The van der Waals surface area contributed by atoms with Gasteiger partial charge in [-0.05, 0) is 46.6 Å². The molecule has 2 rings (SSSR count). The van der Waals surface area contributed by atoms with Gasteiger partial charge in [-0.25, -0.2) is 4.79 Å². The van der Waals surface area contributed by atoms with Gasteiger partial charge in [0.15, 0.2) is 4.67 Å². The van der Waals surface area contributed by atoms with E-state index in [0.717, 1.165) is 0 Å². The lowest BCUT2D eigenvalue weighted by atomic mass is 10.1. The maximum atomic E-state index is 12.1. The molecular weight excluding hydrogens is 326 g/mol. The predicted octanol–water partition coefficient (Wildman–Crippen LogP) is 3.39. The molecule has 0 saturated carbocycles. The van der Waals surface area contributed by atoms with Crippen molar-refractivity contribution in [2.75, 3.05) is 12.4 Å². The van der Waals surface area contributed by atoms with Crippen LogP contribution < -0.4 is 5.32 Å². The minimum absolute atomic E-state index is 0.323. The highest BCUT2D eigenvalue weighted by Gasteiger charge is 2.16. The average molecular weight is 338 g/mol. The number of benzene rings is 1. The molecule has 1 amide bonds. The van der Waals surface area contributed by atoms with Crippen LogP contribution in [-0.2, 0) is 4.74 Å². The summed E-state index contributed by atoms with van der Waals surface area (Å²) in [5, 5.41) is 2.74. The Bertz CT molecular complexity index is 663. The van der Waals surface area contributed by atoms with Crippen molar-refractivity contribution in [1.82, 2.24) is 0 Å². The SMILES string of the molecule is COC(=O)c1cccc(NC(=O)c2ccoc2Br)c1C. The third kappa shape index (κ3) is 2.75. The first-order chi connectivity index (χ1) is 9.54. The Morgan fingerprint density at radius 2 is 2.00 bits per heavy atom. The summed E-state index contributed by atoms with van der Waals surface area (Å²) in [5.41, 5.74) is 1.99. The van der Waals surface area contributed by atoms with Gasteiger partial charge in [0.1, 0.15) is 0 Å². The molecule has 0 spiro atoms. The van der Waals surface area contributed by atoms with Gasteiger partial charge in [-0.1, -0.05) is 6.07 Å². The van der Waals surface area contributed by atoms with Gasteiger partial charge in [0, 0.05) is 5.69 Å². The summed E-state index contributed by atoms with van der Waals surface area (Å²) >= 11 is 3.15. The maximum Gasteiger partial charge on any atom is 0.338 e. The van der Waals surface area contributed by atoms with Gasteiger partial charge in [-0.2, -0.15) is 0 Å². The Hall–Kier alpha value is -2.08. The largest absolute Gasteiger partial charge is 0.465 e. The number of esters is 1. The number of carbonyl (C=O) groups excluding carboxylic acids is 2. The maximum absolute atomic E-state index is 12.1. The molecule has 1 heterocycles. The first-order valence-corrected chi connectivity index (χ1v) is 6.56. The number of hydrogen-bond acceptors (Lipinski definition) is 4. The fourth-order valence-corrected chi connectivity index (χ4v) is 2.17. The molecule has 5 nitrogen and oxygen atoms in total. The van der Waals surface area contributed by atoms with Crippen molar-refractivity contribution in [3.8, 4) is 0 Å². The predicted molar refractivity (Wildman–Crippen MR) is 76.9 cm³/mol. The van der Waals surface area contributed by atoms with Crippen LogP contribution in [0.1, 0.15) is 26.3 Å². The lowest BCUT2D eigenvalue weighted by molar-refractivity contribution is 0.0599. The summed E-state index contributed by atoms with van der Waals surface area (Å²) < 4.78 is 10.1. The number of amides is 1. The van der Waals surface area contributed by atoms with Gasteiger partial charge in [-0.3, -0.25) is 4.79 Å². The summed E-state index contributed by atoms with van der Waals surface area (Å²) in [6, 6.07) is 6.59. The quantitative estimate of drug-likeness (QED) is 0.871. The second-order valence-electron chi connectivity index (χ2n) is 4.03. The highest BCUT2D eigenvalue weighted by atomic mass is 79.9. The van der Waals surface area contributed by atoms with Gasteiger partial charge in [-0.15, -0.1) is 0 Å². The number of anilines is 1. The van der Waals surface area contributed by atoms with Gasteiger partial charge >= 0.3 is 5.97 Å². The summed E-state index contributed by atoms with van der Waals surface area (Å²) in [6.07, 6.45) is 1.41. The van der Waals surface area contributed by atoms with Crippen LogP contribution in [0.4, 0.5) is 5.69 Å². The number of halogens is 1. The summed E-state index contributed by atoms with van der Waals surface area (Å²) in [4.78, 5) is 23.7. The van der Waals surface area contributed by atoms with Crippen molar-refractivity contribution in [1.29, 1.82) is 0 Å². The van der Waals surface area contributed by atoms with Crippen LogP contribution in [-0.4, -0.2) is 19.0 Å². The highest BCUT2D eigenvalue weighted by Crippen LogP contribution is 2.23. The zero-order valence-corrected chi connectivity index (χ0v) is 12.5. The first-order valence-electron chi connectivity index (χ1n) is 5.77. The molecule has 0 aliphatic rings. The molecule has 1 aromatic heterocycles. The number of hydrogen-bond donors (Lipinski definition) is 1. The molecule has 0 bridgehead atoms. The van der Waals surface area contributed by atoms with E-state index < -0.39 is 5.97 Å². The molecule has 1 aromatic carbocycles. The molecule has 2 aromatic rings. The molecule has 20 heavy (non-hydrogen) atoms. The summed E-state index contributed by atoms with van der Waals surface area (Å²) in [5.74, 6) is -0.765. The monoisotopic (exact) mass is 337 g/mol. The fraction of sp³-hybridized carbons (Fsp3) is 0.143. The molecule has 0 saturated heterocycles. The van der Waals surface area contributed by atoms with Gasteiger partial charge in [0.25, 0.3) is 5.91 Å². The second kappa shape index (κ2) is 5.92. The van der Waals surface area contributed by atoms with Crippen LogP contribution in [0.2, 0.25) is 0 Å². The second-order valence-corrected chi connectivity index (χ2v) is 4.75. The van der Waals surface area contributed by atoms with Crippen molar-refractivity contribution in [3.05, 3.63) is 51.9 Å². The van der Waals surface area contributed by atoms with Crippen molar-refractivity contribution >= 4 is 33.5 Å². The number of ether oxygens (including phenoxy) is 1.